The molecule has 3 aromatic rings. The van der Waals surface area contributed by atoms with Crippen molar-refractivity contribution in [3.63, 3.8) is 0 Å². The summed E-state index contributed by atoms with van der Waals surface area (Å²) in [5.74, 6) is -1.39. The summed E-state index contributed by atoms with van der Waals surface area (Å²) in [6.07, 6.45) is 0. The number of nitrogens with zero attached hydrogens (tertiary/aromatic N) is 2. The molecule has 1 aromatic heterocycles. The summed E-state index contributed by atoms with van der Waals surface area (Å²) < 4.78 is 1.30. The van der Waals surface area contributed by atoms with Gasteiger partial charge in [0.15, 0.2) is 0 Å². The fourth-order valence-corrected chi connectivity index (χ4v) is 3.02. The van der Waals surface area contributed by atoms with E-state index in [4.69, 9.17) is 0 Å². The molecule has 0 unspecified atom stereocenters. The van der Waals surface area contributed by atoms with Gasteiger partial charge in [-0.2, -0.15) is 0 Å². The molecule has 2 N–H and O–H groups in total. The Kier molecular flexibility index (Phi) is 4.17. The van der Waals surface area contributed by atoms with Crippen LogP contribution in [0.2, 0.25) is 0 Å². The molecule has 0 radical (unpaired) electrons. The molecule has 0 saturated carbocycles. The van der Waals surface area contributed by atoms with Gasteiger partial charge in [0.1, 0.15) is 11.2 Å². The molecule has 1 amide bonds. The van der Waals surface area contributed by atoms with Crippen LogP contribution in [0.3, 0.4) is 0 Å². The predicted octanol–water partition coefficient (Wildman–Crippen LogP) is 3.41. The fourth-order valence-electron chi connectivity index (χ4n) is 3.02. The summed E-state index contributed by atoms with van der Waals surface area (Å²) in [6, 6.07) is 11.4. The van der Waals surface area contributed by atoms with E-state index < -0.39 is 10.9 Å². The van der Waals surface area contributed by atoms with Crippen molar-refractivity contribution in [1.82, 2.24) is 4.57 Å². The van der Waals surface area contributed by atoms with Crippen molar-refractivity contribution in [1.29, 1.82) is 0 Å². The number of carboxylic acid groups (broad SMARTS) is 1. The molecule has 8 heteroatoms. The van der Waals surface area contributed by atoms with Gasteiger partial charge in [-0.05, 0) is 35.4 Å². The average Bonchev–Trinajstić information content (AvgIpc) is 2.91. The minimum atomic E-state index is -1.17. The molecule has 2 aromatic carbocycles. The lowest BCUT2D eigenvalue weighted by Gasteiger charge is -2.08. The summed E-state index contributed by atoms with van der Waals surface area (Å²) in [5.41, 5.74) is 1.94. The van der Waals surface area contributed by atoms with Crippen molar-refractivity contribution in [3.8, 4) is 11.1 Å². The van der Waals surface area contributed by atoms with E-state index in [1.54, 1.807) is 30.3 Å². The molecule has 3 rings (SSSR count). The smallest absolute Gasteiger partial charge is 0.352 e. The van der Waals surface area contributed by atoms with Gasteiger partial charge < -0.3 is 15.0 Å². The zero-order valence-electron chi connectivity index (χ0n) is 14.0. The highest BCUT2D eigenvalue weighted by atomic mass is 16.6. The maximum atomic E-state index is 11.5. The predicted molar refractivity (Wildman–Crippen MR) is 96.3 cm³/mol. The number of benzene rings is 2. The second-order valence-corrected chi connectivity index (χ2v) is 5.81. The number of nitro benzene ring substituents is 1. The van der Waals surface area contributed by atoms with Crippen LogP contribution in [0.1, 0.15) is 17.4 Å². The average molecular weight is 353 g/mol. The number of carboxylic acids is 1. The highest BCUT2D eigenvalue weighted by molar-refractivity contribution is 6.05. The lowest BCUT2D eigenvalue weighted by molar-refractivity contribution is -0.383. The van der Waals surface area contributed by atoms with E-state index >= 15 is 0 Å². The lowest BCUT2D eigenvalue weighted by Crippen LogP contribution is -2.05. The molecule has 0 fully saturated rings. The minimum absolute atomic E-state index is 0.0476. The zero-order valence-corrected chi connectivity index (χ0v) is 14.0. The van der Waals surface area contributed by atoms with Gasteiger partial charge in [0, 0.05) is 31.1 Å². The van der Waals surface area contributed by atoms with Crippen molar-refractivity contribution in [3.05, 3.63) is 58.3 Å². The van der Waals surface area contributed by atoms with E-state index in [9.17, 15) is 24.8 Å². The third-order valence-corrected chi connectivity index (χ3v) is 4.08. The molecule has 0 spiro atoms. The first kappa shape index (κ1) is 17.2. The number of carbonyl (C=O) groups excluding carboxylic acids is 1. The first-order valence-corrected chi connectivity index (χ1v) is 7.67. The van der Waals surface area contributed by atoms with Crippen molar-refractivity contribution in [2.75, 3.05) is 5.32 Å². The van der Waals surface area contributed by atoms with Gasteiger partial charge in [0.2, 0.25) is 5.91 Å². The topological polar surface area (TPSA) is 114 Å². The Morgan fingerprint density at radius 1 is 1.19 bits per heavy atom. The van der Waals surface area contributed by atoms with Crippen LogP contribution in [-0.2, 0) is 11.8 Å². The maximum Gasteiger partial charge on any atom is 0.352 e. The monoisotopic (exact) mass is 353 g/mol. The third-order valence-electron chi connectivity index (χ3n) is 4.08. The summed E-state index contributed by atoms with van der Waals surface area (Å²) in [7, 11) is 1.48. The van der Waals surface area contributed by atoms with Crippen molar-refractivity contribution in [2.45, 2.75) is 6.92 Å². The van der Waals surface area contributed by atoms with Crippen LogP contribution in [0, 0.1) is 10.1 Å². The summed E-state index contributed by atoms with van der Waals surface area (Å²) >= 11 is 0. The summed E-state index contributed by atoms with van der Waals surface area (Å²) in [6.45, 7) is 1.40. The highest BCUT2D eigenvalue weighted by Crippen LogP contribution is 2.37. The Morgan fingerprint density at radius 3 is 2.54 bits per heavy atom. The van der Waals surface area contributed by atoms with Crippen LogP contribution in [0.5, 0.6) is 0 Å². The third kappa shape index (κ3) is 2.88. The normalized spacial score (nSPS) is 10.7. The number of anilines is 1. The van der Waals surface area contributed by atoms with Gasteiger partial charge in [-0.15, -0.1) is 0 Å². The molecule has 1 heterocycles. The van der Waals surface area contributed by atoms with Gasteiger partial charge in [0.25, 0.3) is 5.69 Å². The van der Waals surface area contributed by atoms with E-state index in [1.165, 1.54) is 30.7 Å². The van der Waals surface area contributed by atoms with Gasteiger partial charge >= 0.3 is 5.97 Å². The number of hydrogen-bond donors (Lipinski definition) is 2. The SMILES string of the molecule is CC(=O)Nc1cccc(-c2ccc([N+](=O)[O-])c3c2cc(C(=O)O)n3C)c1. The molecule has 0 atom stereocenters. The second-order valence-electron chi connectivity index (χ2n) is 5.81. The number of fused-ring (bicyclic) bond motifs is 1. The van der Waals surface area contributed by atoms with Crippen LogP contribution < -0.4 is 5.32 Å². The molecular weight excluding hydrogens is 338 g/mol. The lowest BCUT2D eigenvalue weighted by atomic mass is 10.00. The van der Waals surface area contributed by atoms with E-state index in [1.807, 2.05) is 0 Å². The van der Waals surface area contributed by atoms with E-state index in [0.29, 0.717) is 22.2 Å². The standard InChI is InChI=1S/C18H15N3O5/c1-10(22)19-12-5-3-4-11(8-12)13-6-7-15(21(25)26)17-14(13)9-16(18(23)24)20(17)2/h3-9H,1-2H3,(H,19,22)(H,23,24). The van der Waals surface area contributed by atoms with Gasteiger partial charge in [-0.25, -0.2) is 4.79 Å². The number of non-ortho nitro benzene ring substituents is 1. The minimum Gasteiger partial charge on any atom is -0.477 e. The van der Waals surface area contributed by atoms with Crippen LogP contribution in [0.4, 0.5) is 11.4 Å². The number of nitrogens with one attached hydrogen (secondary N) is 1. The quantitative estimate of drug-likeness (QED) is 0.551. The number of amides is 1. The Balaban J connectivity index is 2.30. The van der Waals surface area contributed by atoms with Gasteiger partial charge in [-0.1, -0.05) is 12.1 Å². The number of aromatic carboxylic acids is 1. The Bertz CT molecular complexity index is 1070. The first-order valence-electron chi connectivity index (χ1n) is 7.67. The maximum absolute atomic E-state index is 11.5. The first-order chi connectivity index (χ1) is 12.3. The number of rotatable bonds is 4. The van der Waals surface area contributed by atoms with Crippen LogP contribution in [-0.4, -0.2) is 26.5 Å². The summed E-state index contributed by atoms with van der Waals surface area (Å²) in [5, 5.41) is 23.9. The summed E-state index contributed by atoms with van der Waals surface area (Å²) in [4.78, 5) is 33.5. The molecular formula is C18H15N3O5. The Morgan fingerprint density at radius 2 is 1.92 bits per heavy atom. The second kappa shape index (κ2) is 6.32. The number of aryl methyl sites for hydroxylation is 1. The van der Waals surface area contributed by atoms with Gasteiger partial charge in [0.05, 0.1) is 4.92 Å². The Hall–Kier alpha value is -3.68. The number of carbonyl (C=O) groups is 2. The van der Waals surface area contributed by atoms with Crippen molar-refractivity contribution >= 4 is 34.2 Å². The number of hydrogen-bond acceptors (Lipinski definition) is 4. The van der Waals surface area contributed by atoms with Crippen molar-refractivity contribution in [2.24, 2.45) is 7.05 Å². The number of nitro groups is 1. The highest BCUT2D eigenvalue weighted by Gasteiger charge is 2.23. The van der Waals surface area contributed by atoms with E-state index in [0.717, 1.165) is 0 Å². The van der Waals surface area contributed by atoms with Crippen LogP contribution in [0.25, 0.3) is 22.0 Å². The number of aromatic nitrogens is 1. The molecule has 26 heavy (non-hydrogen) atoms. The molecule has 0 aliphatic heterocycles. The molecule has 132 valence electrons. The fraction of sp³-hybridized carbons (Fsp3) is 0.111. The largest absolute Gasteiger partial charge is 0.477 e. The van der Waals surface area contributed by atoms with Crippen LogP contribution in [0.15, 0.2) is 42.5 Å². The van der Waals surface area contributed by atoms with E-state index in [-0.39, 0.29) is 22.8 Å². The van der Waals surface area contributed by atoms with Gasteiger partial charge in [-0.3, -0.25) is 14.9 Å². The van der Waals surface area contributed by atoms with Crippen LogP contribution >= 0.6 is 0 Å². The molecule has 0 saturated heterocycles. The molecule has 8 nitrogen and oxygen atoms in total. The van der Waals surface area contributed by atoms with E-state index in [2.05, 4.69) is 5.32 Å². The molecule has 0 aliphatic carbocycles. The molecule has 0 bridgehead atoms. The molecule has 0 aliphatic rings. The zero-order chi connectivity index (χ0) is 19.0. The Labute approximate surface area is 147 Å². The van der Waals surface area contributed by atoms with Crippen molar-refractivity contribution < 1.29 is 19.6 Å².